The van der Waals surface area contributed by atoms with Gasteiger partial charge in [0.1, 0.15) is 30.2 Å². The summed E-state index contributed by atoms with van der Waals surface area (Å²) in [7, 11) is 0. The van der Waals surface area contributed by atoms with E-state index in [1.54, 1.807) is 41.5 Å². The van der Waals surface area contributed by atoms with Gasteiger partial charge in [-0.15, -0.1) is 0 Å². The molecule has 0 aromatic heterocycles. The summed E-state index contributed by atoms with van der Waals surface area (Å²) in [5.41, 5.74) is 11.4. The van der Waals surface area contributed by atoms with Crippen LogP contribution in [0.4, 0.5) is 0 Å². The van der Waals surface area contributed by atoms with Crippen molar-refractivity contribution in [3.05, 3.63) is 0 Å². The molecule has 9 atom stereocenters. The second-order valence-corrected chi connectivity index (χ2v) is 12.9. The number of unbranched alkanes of at least 4 members (excludes halogenated alkanes) is 1. The van der Waals surface area contributed by atoms with Crippen LogP contribution >= 0.6 is 0 Å². The first-order valence-corrected chi connectivity index (χ1v) is 16.9. The molecule has 0 radical (unpaired) electrons. The van der Waals surface area contributed by atoms with Crippen molar-refractivity contribution in [2.45, 2.75) is 136 Å². The van der Waals surface area contributed by atoms with E-state index >= 15 is 0 Å². The van der Waals surface area contributed by atoms with Crippen LogP contribution in [-0.4, -0.2) is 106 Å². The van der Waals surface area contributed by atoms with Crippen LogP contribution < -0.4 is 38.1 Å². The molecular weight excluding hydrogens is 642 g/mol. The van der Waals surface area contributed by atoms with E-state index in [-0.39, 0.29) is 6.42 Å². The van der Waals surface area contributed by atoms with E-state index in [1.165, 1.54) is 6.92 Å². The van der Waals surface area contributed by atoms with Crippen molar-refractivity contribution in [3.63, 3.8) is 0 Å². The number of amides is 5. The van der Waals surface area contributed by atoms with Crippen LogP contribution in [0.25, 0.3) is 0 Å². The molecule has 17 heteroatoms. The Kier molecular flexibility index (Phi) is 21.0. The van der Waals surface area contributed by atoms with Gasteiger partial charge in [-0.1, -0.05) is 60.8 Å². The van der Waals surface area contributed by atoms with Crippen molar-refractivity contribution in [1.82, 2.24) is 26.6 Å². The molecule has 0 aliphatic rings. The van der Waals surface area contributed by atoms with Crippen LogP contribution in [0.15, 0.2) is 0 Å². The number of nitrogens with one attached hydrogen (secondary N) is 5. The summed E-state index contributed by atoms with van der Waals surface area (Å²) in [6.07, 6.45) is 0.193. The number of hydrogen-bond acceptors (Lipinski definition) is 10. The molecule has 5 amide bonds. The zero-order chi connectivity index (χ0) is 38.0. The number of hydrogen-bond donors (Lipinski definition) is 10. The number of rotatable bonds is 24. The van der Waals surface area contributed by atoms with Crippen molar-refractivity contribution in [2.24, 2.45) is 29.2 Å². The van der Waals surface area contributed by atoms with E-state index in [0.717, 1.165) is 0 Å². The van der Waals surface area contributed by atoms with Crippen LogP contribution in [0.1, 0.15) is 93.4 Å². The molecule has 0 saturated carbocycles. The number of carbonyl (C=O) groups excluding carboxylic acids is 5. The topological polar surface area (TPSA) is 292 Å². The predicted molar refractivity (Wildman–Crippen MR) is 180 cm³/mol. The molecule has 0 bridgehead atoms. The standard InChI is InChI=1S/C32H59N7O10/c1-8-17(5)24(29(45)35-21(32(48)49)13-14-22(41)42)38-30(46)25(18(6)9-2)37-28(44)23(16(3)4)36-31(47)26(19(7)40)39-27(43)20(34)12-10-11-15-33/h16-21,23-26,40H,8-15,33-34H2,1-7H3,(H,35,45)(H,36,47)(H,37,44)(H,38,46)(H,39,43)(H,41,42)(H,48,49)/t17-,18-,19+,20-,21-,23-,24-,25-,26-/m0/s1. The molecule has 0 aromatic carbocycles. The molecular formula is C32H59N7O10. The third-order valence-electron chi connectivity index (χ3n) is 8.46. The highest BCUT2D eigenvalue weighted by Gasteiger charge is 2.37. The van der Waals surface area contributed by atoms with Gasteiger partial charge in [-0.3, -0.25) is 28.8 Å². The van der Waals surface area contributed by atoms with Crippen molar-refractivity contribution >= 4 is 41.5 Å². The predicted octanol–water partition coefficient (Wildman–Crippen LogP) is -1.05. The number of aliphatic carboxylic acids is 2. The van der Waals surface area contributed by atoms with Crippen molar-refractivity contribution in [3.8, 4) is 0 Å². The highest BCUT2D eigenvalue weighted by molar-refractivity contribution is 5.96. The maximum absolute atomic E-state index is 13.7. The fourth-order valence-electron chi connectivity index (χ4n) is 4.76. The van der Waals surface area contributed by atoms with Gasteiger partial charge in [0.2, 0.25) is 29.5 Å². The summed E-state index contributed by atoms with van der Waals surface area (Å²) in [5, 5.41) is 41.3. The average Bonchev–Trinajstić information content (AvgIpc) is 3.03. The molecule has 0 heterocycles. The zero-order valence-electron chi connectivity index (χ0n) is 29.8. The van der Waals surface area contributed by atoms with Crippen molar-refractivity contribution in [1.29, 1.82) is 0 Å². The monoisotopic (exact) mass is 701 g/mol. The summed E-state index contributed by atoms with van der Waals surface area (Å²) in [6, 6.07) is -7.49. The molecule has 0 saturated heterocycles. The highest BCUT2D eigenvalue weighted by atomic mass is 16.4. The number of aliphatic hydroxyl groups is 1. The van der Waals surface area contributed by atoms with Gasteiger partial charge in [-0.05, 0) is 50.5 Å². The first kappa shape index (κ1) is 45.2. The summed E-state index contributed by atoms with van der Waals surface area (Å²) in [5.74, 6) is -7.91. The number of carboxylic acids is 2. The maximum Gasteiger partial charge on any atom is 0.326 e. The lowest BCUT2D eigenvalue weighted by Crippen LogP contribution is -2.62. The van der Waals surface area contributed by atoms with Crippen LogP contribution in [0.2, 0.25) is 0 Å². The quantitative estimate of drug-likeness (QED) is 0.0539. The first-order chi connectivity index (χ1) is 22.8. The Morgan fingerprint density at radius 1 is 0.612 bits per heavy atom. The molecule has 49 heavy (non-hydrogen) atoms. The summed E-state index contributed by atoms with van der Waals surface area (Å²) in [6.45, 7) is 12.0. The SMILES string of the molecule is CC[C@H](C)[C@H](NC(=O)[C@@H](NC(=O)[C@@H](NC(=O)[C@@H](N)CCCCN)[C@@H](C)O)C(C)C)C(=O)N[C@H](C(=O)N[C@@H](CCC(=O)O)C(=O)O)[C@@H](C)CC. The minimum absolute atomic E-state index is 0.317. The van der Waals surface area contributed by atoms with Gasteiger partial charge in [0.25, 0.3) is 0 Å². The maximum atomic E-state index is 13.7. The Balaban J connectivity index is 6.01. The first-order valence-electron chi connectivity index (χ1n) is 16.9. The van der Waals surface area contributed by atoms with Gasteiger partial charge in [-0.2, -0.15) is 0 Å². The Labute approximate surface area is 288 Å². The lowest BCUT2D eigenvalue weighted by atomic mass is 9.94. The minimum Gasteiger partial charge on any atom is -0.481 e. The molecule has 0 aliphatic heterocycles. The lowest BCUT2D eigenvalue weighted by molar-refractivity contribution is -0.144. The fourth-order valence-corrected chi connectivity index (χ4v) is 4.76. The van der Waals surface area contributed by atoms with E-state index in [0.29, 0.717) is 38.6 Å². The van der Waals surface area contributed by atoms with Crippen molar-refractivity contribution in [2.75, 3.05) is 6.54 Å². The summed E-state index contributed by atoms with van der Waals surface area (Å²) < 4.78 is 0. The van der Waals surface area contributed by atoms with Gasteiger partial charge < -0.3 is 53.4 Å². The second kappa shape index (κ2) is 22.7. The van der Waals surface area contributed by atoms with Gasteiger partial charge in [0.05, 0.1) is 12.1 Å². The fraction of sp³-hybridized carbons (Fsp3) is 0.781. The zero-order valence-corrected chi connectivity index (χ0v) is 29.8. The van der Waals surface area contributed by atoms with Gasteiger partial charge in [-0.25, -0.2) is 4.79 Å². The van der Waals surface area contributed by atoms with Crippen molar-refractivity contribution < 1.29 is 48.9 Å². The van der Waals surface area contributed by atoms with E-state index in [1.807, 2.05) is 0 Å². The number of nitrogens with two attached hydrogens (primary N) is 2. The third kappa shape index (κ3) is 16.0. The van der Waals surface area contributed by atoms with Gasteiger partial charge in [0.15, 0.2) is 0 Å². The summed E-state index contributed by atoms with van der Waals surface area (Å²) in [4.78, 5) is 89.0. The smallest absolute Gasteiger partial charge is 0.326 e. The average molecular weight is 702 g/mol. The molecule has 0 fully saturated rings. The molecule has 282 valence electrons. The van der Waals surface area contributed by atoms with E-state index in [4.69, 9.17) is 16.6 Å². The Morgan fingerprint density at radius 3 is 1.45 bits per heavy atom. The van der Waals surface area contributed by atoms with E-state index in [2.05, 4.69) is 26.6 Å². The minimum atomic E-state index is -1.50. The van der Waals surface area contributed by atoms with Crippen LogP contribution in [-0.2, 0) is 33.6 Å². The Morgan fingerprint density at radius 2 is 1.04 bits per heavy atom. The molecule has 0 rings (SSSR count). The van der Waals surface area contributed by atoms with E-state index in [9.17, 15) is 43.8 Å². The third-order valence-corrected chi connectivity index (χ3v) is 8.46. The molecule has 0 aromatic rings. The summed E-state index contributed by atoms with van der Waals surface area (Å²) >= 11 is 0. The second-order valence-electron chi connectivity index (χ2n) is 12.9. The van der Waals surface area contributed by atoms with Crippen LogP contribution in [0.5, 0.6) is 0 Å². The van der Waals surface area contributed by atoms with Crippen LogP contribution in [0, 0.1) is 17.8 Å². The normalized spacial score (nSPS) is 16.8. The molecule has 0 aliphatic carbocycles. The number of carbonyl (C=O) groups is 7. The van der Waals surface area contributed by atoms with Gasteiger partial charge in [0, 0.05) is 6.42 Å². The number of carboxylic acid groups (broad SMARTS) is 2. The highest BCUT2D eigenvalue weighted by Crippen LogP contribution is 2.14. The van der Waals surface area contributed by atoms with E-state index < -0.39 is 108 Å². The Bertz CT molecular complexity index is 1120. The largest absolute Gasteiger partial charge is 0.481 e. The molecule has 0 unspecified atom stereocenters. The molecule has 17 nitrogen and oxygen atoms in total. The number of aliphatic hydroxyl groups excluding tert-OH is 1. The van der Waals surface area contributed by atoms with Crippen LogP contribution in [0.3, 0.4) is 0 Å². The Hall–Kier alpha value is -3.83. The molecule has 0 spiro atoms. The lowest BCUT2D eigenvalue weighted by Gasteiger charge is -2.31. The van der Waals surface area contributed by atoms with Gasteiger partial charge >= 0.3 is 11.9 Å². The molecule has 12 N–H and O–H groups in total.